The van der Waals surface area contributed by atoms with Crippen LogP contribution in [0.1, 0.15) is 5.56 Å². The number of sulfonamides is 1. The summed E-state index contributed by atoms with van der Waals surface area (Å²) in [6.07, 6.45) is 1.23. The van der Waals surface area contributed by atoms with Gasteiger partial charge in [0.05, 0.1) is 23.1 Å². The quantitative estimate of drug-likeness (QED) is 0.396. The molecule has 2 rings (SSSR count). The molecule has 2 aromatic rings. The van der Waals surface area contributed by atoms with Gasteiger partial charge in [0, 0.05) is 11.6 Å². The lowest BCUT2D eigenvalue weighted by Crippen LogP contribution is -2.12. The lowest BCUT2D eigenvalue weighted by atomic mass is 10.2. The fraction of sp³-hybridized carbons (Fsp3) is 0.0714. The highest BCUT2D eigenvalue weighted by Crippen LogP contribution is 2.29. The summed E-state index contributed by atoms with van der Waals surface area (Å²) in [5.74, 6) is 0.0991. The number of phenols is 1. The number of primary sulfonamides is 1. The van der Waals surface area contributed by atoms with E-state index < -0.39 is 20.6 Å². The molecule has 25 heavy (non-hydrogen) atoms. The zero-order chi connectivity index (χ0) is 18.6. The molecule has 0 bridgehead atoms. The van der Waals surface area contributed by atoms with E-state index in [0.29, 0.717) is 5.56 Å². The number of nitro groups is 1. The third-order valence-electron chi connectivity index (χ3n) is 3.13. The molecule has 0 radical (unpaired) electrons. The standard InChI is InChI=1S/C14H14N4O6S/c1-24-13-4-2-3-9(14(13)19)8-16-17-11-6-5-10(25(15,22)23)7-12(11)18(20)21/h2-8,17,19H,1H3,(H2,15,22,23). The van der Waals surface area contributed by atoms with Gasteiger partial charge in [-0.15, -0.1) is 0 Å². The highest BCUT2D eigenvalue weighted by Gasteiger charge is 2.18. The number of hydrogen-bond donors (Lipinski definition) is 3. The van der Waals surface area contributed by atoms with Gasteiger partial charge in [0.2, 0.25) is 10.0 Å². The van der Waals surface area contributed by atoms with E-state index >= 15 is 0 Å². The summed E-state index contributed by atoms with van der Waals surface area (Å²) in [6, 6.07) is 7.85. The number of nitrogens with zero attached hydrogens (tertiary/aromatic N) is 2. The van der Waals surface area contributed by atoms with Crippen molar-refractivity contribution in [3.8, 4) is 11.5 Å². The topological polar surface area (TPSA) is 157 Å². The number of rotatable bonds is 6. The van der Waals surface area contributed by atoms with Crippen molar-refractivity contribution in [3.63, 3.8) is 0 Å². The number of para-hydroxylation sites is 1. The van der Waals surface area contributed by atoms with Crippen molar-refractivity contribution in [3.05, 3.63) is 52.1 Å². The molecule has 2 aromatic carbocycles. The Morgan fingerprint density at radius 1 is 1.36 bits per heavy atom. The average molecular weight is 366 g/mol. The maximum atomic E-state index is 11.3. The van der Waals surface area contributed by atoms with Crippen LogP contribution in [0.3, 0.4) is 0 Å². The number of benzene rings is 2. The van der Waals surface area contributed by atoms with Gasteiger partial charge in [-0.2, -0.15) is 5.10 Å². The van der Waals surface area contributed by atoms with Crippen LogP contribution in [-0.4, -0.2) is 31.8 Å². The third-order valence-corrected chi connectivity index (χ3v) is 4.04. The summed E-state index contributed by atoms with van der Waals surface area (Å²) in [6.45, 7) is 0. The van der Waals surface area contributed by atoms with Gasteiger partial charge >= 0.3 is 0 Å². The number of anilines is 1. The molecule has 0 aliphatic rings. The molecule has 132 valence electrons. The second kappa shape index (κ2) is 7.15. The first kappa shape index (κ1) is 18.2. The van der Waals surface area contributed by atoms with Gasteiger partial charge in [0.1, 0.15) is 5.69 Å². The minimum atomic E-state index is -4.07. The normalized spacial score (nSPS) is 11.4. The number of hydrazone groups is 1. The molecule has 10 nitrogen and oxygen atoms in total. The fourth-order valence-corrected chi connectivity index (χ4v) is 2.45. The second-order valence-corrected chi connectivity index (χ2v) is 6.31. The Morgan fingerprint density at radius 2 is 2.08 bits per heavy atom. The van der Waals surface area contributed by atoms with Crippen LogP contribution in [-0.2, 0) is 10.0 Å². The van der Waals surface area contributed by atoms with Crippen molar-refractivity contribution in [2.45, 2.75) is 4.90 Å². The van der Waals surface area contributed by atoms with Gasteiger partial charge in [-0.3, -0.25) is 15.5 Å². The minimum Gasteiger partial charge on any atom is -0.504 e. The molecule has 11 heteroatoms. The van der Waals surface area contributed by atoms with Crippen LogP contribution in [0.5, 0.6) is 11.5 Å². The molecule has 0 spiro atoms. The van der Waals surface area contributed by atoms with Crippen LogP contribution in [0.4, 0.5) is 11.4 Å². The molecule has 0 atom stereocenters. The molecule has 0 heterocycles. The van der Waals surface area contributed by atoms with Crippen LogP contribution in [0.15, 0.2) is 46.4 Å². The average Bonchev–Trinajstić information content (AvgIpc) is 2.55. The first-order valence-electron chi connectivity index (χ1n) is 6.70. The van der Waals surface area contributed by atoms with Gasteiger partial charge in [0.25, 0.3) is 5.69 Å². The molecule has 0 aromatic heterocycles. The molecule has 0 saturated carbocycles. The predicted molar refractivity (Wildman–Crippen MR) is 90.3 cm³/mol. The van der Waals surface area contributed by atoms with Crippen LogP contribution in [0.25, 0.3) is 0 Å². The van der Waals surface area contributed by atoms with Crippen molar-refractivity contribution in [1.29, 1.82) is 0 Å². The van der Waals surface area contributed by atoms with Gasteiger partial charge in [-0.1, -0.05) is 6.07 Å². The van der Waals surface area contributed by atoms with E-state index in [1.54, 1.807) is 18.2 Å². The number of nitrogens with one attached hydrogen (secondary N) is 1. The van der Waals surface area contributed by atoms with Gasteiger partial charge in [-0.05, 0) is 24.3 Å². The maximum absolute atomic E-state index is 11.3. The number of aromatic hydroxyl groups is 1. The number of nitrogens with two attached hydrogens (primary N) is 1. The van der Waals surface area contributed by atoms with E-state index in [0.717, 1.165) is 12.1 Å². The second-order valence-electron chi connectivity index (χ2n) is 4.75. The lowest BCUT2D eigenvalue weighted by Gasteiger charge is -2.06. The molecule has 0 aliphatic carbocycles. The number of hydrogen-bond acceptors (Lipinski definition) is 8. The number of phenolic OH excluding ortho intramolecular Hbond substituents is 1. The summed E-state index contributed by atoms with van der Waals surface area (Å²) in [7, 11) is -2.68. The Kier molecular flexibility index (Phi) is 5.20. The summed E-state index contributed by atoms with van der Waals surface area (Å²) in [4.78, 5) is 9.94. The summed E-state index contributed by atoms with van der Waals surface area (Å²) in [5.41, 5.74) is 2.18. The molecule has 0 fully saturated rings. The van der Waals surface area contributed by atoms with Crippen molar-refractivity contribution in [2.24, 2.45) is 10.2 Å². The van der Waals surface area contributed by atoms with E-state index in [1.165, 1.54) is 19.4 Å². The zero-order valence-electron chi connectivity index (χ0n) is 12.9. The third kappa shape index (κ3) is 4.22. The monoisotopic (exact) mass is 366 g/mol. The number of methoxy groups -OCH3 is 1. The summed E-state index contributed by atoms with van der Waals surface area (Å²) >= 11 is 0. The SMILES string of the molecule is COc1cccc(C=NNc2ccc(S(N)(=O)=O)cc2[N+](=O)[O-])c1O. The molecule has 0 saturated heterocycles. The van der Waals surface area contributed by atoms with E-state index in [2.05, 4.69) is 10.5 Å². The summed E-state index contributed by atoms with van der Waals surface area (Å²) in [5, 5.41) is 29.8. The van der Waals surface area contributed by atoms with Crippen LogP contribution in [0.2, 0.25) is 0 Å². The van der Waals surface area contributed by atoms with Gasteiger partial charge < -0.3 is 9.84 Å². The van der Waals surface area contributed by atoms with Gasteiger partial charge in [-0.25, -0.2) is 13.6 Å². The largest absolute Gasteiger partial charge is 0.504 e. The number of ether oxygens (including phenoxy) is 1. The Morgan fingerprint density at radius 3 is 2.68 bits per heavy atom. The van der Waals surface area contributed by atoms with E-state index in [4.69, 9.17) is 9.88 Å². The Bertz CT molecular complexity index is 942. The van der Waals surface area contributed by atoms with Gasteiger partial charge in [0.15, 0.2) is 11.5 Å². The molecule has 0 unspecified atom stereocenters. The lowest BCUT2D eigenvalue weighted by molar-refractivity contribution is -0.384. The zero-order valence-corrected chi connectivity index (χ0v) is 13.7. The molecule has 4 N–H and O–H groups in total. The molecule has 0 amide bonds. The number of nitro benzene ring substituents is 1. The van der Waals surface area contributed by atoms with Crippen molar-refractivity contribution < 1.29 is 23.2 Å². The van der Waals surface area contributed by atoms with Crippen LogP contribution >= 0.6 is 0 Å². The Labute approximate surface area is 142 Å². The first-order chi connectivity index (χ1) is 11.7. The Balaban J connectivity index is 2.30. The molecular weight excluding hydrogens is 352 g/mol. The molecule has 0 aliphatic heterocycles. The summed E-state index contributed by atoms with van der Waals surface area (Å²) < 4.78 is 27.5. The van der Waals surface area contributed by atoms with Crippen LogP contribution < -0.4 is 15.3 Å². The maximum Gasteiger partial charge on any atom is 0.295 e. The van der Waals surface area contributed by atoms with Crippen molar-refractivity contribution >= 4 is 27.6 Å². The Hall–Kier alpha value is -3.18. The fourth-order valence-electron chi connectivity index (χ4n) is 1.91. The first-order valence-corrected chi connectivity index (χ1v) is 8.25. The molecular formula is C14H14N4O6S. The van der Waals surface area contributed by atoms with E-state index in [9.17, 15) is 23.6 Å². The van der Waals surface area contributed by atoms with Crippen molar-refractivity contribution in [2.75, 3.05) is 12.5 Å². The predicted octanol–water partition coefficient (Wildman–Crippen LogP) is 1.40. The minimum absolute atomic E-state index is 0.0453. The highest BCUT2D eigenvalue weighted by molar-refractivity contribution is 7.89. The van der Waals surface area contributed by atoms with Crippen molar-refractivity contribution in [1.82, 2.24) is 0 Å². The van der Waals surface area contributed by atoms with E-state index in [-0.39, 0.29) is 22.1 Å². The van der Waals surface area contributed by atoms with Crippen LogP contribution in [0, 0.1) is 10.1 Å². The highest BCUT2D eigenvalue weighted by atomic mass is 32.2. The smallest absolute Gasteiger partial charge is 0.295 e. The van der Waals surface area contributed by atoms with E-state index in [1.807, 2.05) is 0 Å².